The fourth-order valence-corrected chi connectivity index (χ4v) is 5.13. The Morgan fingerprint density at radius 1 is 1.18 bits per heavy atom. The molecule has 11 heteroatoms. The van der Waals surface area contributed by atoms with Crippen LogP contribution < -0.4 is 11.4 Å². The zero-order valence-corrected chi connectivity index (χ0v) is 22.6. The van der Waals surface area contributed by atoms with E-state index >= 15 is 0 Å². The van der Waals surface area contributed by atoms with Crippen LogP contribution in [-0.2, 0) is 5.54 Å². The highest BCUT2D eigenvalue weighted by Gasteiger charge is 2.48. The predicted molar refractivity (Wildman–Crippen MR) is 148 cm³/mol. The number of allylic oxidation sites excluding steroid dienone is 2. The number of nitrogens with zero attached hydrogens (tertiary/aromatic N) is 5. The summed E-state index contributed by atoms with van der Waals surface area (Å²) in [4.78, 5) is 31.3. The molecule has 3 N–H and O–H groups in total. The maximum atomic E-state index is 13.2. The number of fused-ring (bicyclic) bond motifs is 1. The molecule has 5 rings (SSSR count). The van der Waals surface area contributed by atoms with E-state index in [1.165, 1.54) is 11.9 Å². The molecule has 0 bridgehead atoms. The average Bonchev–Trinajstić information content (AvgIpc) is 3.64. The summed E-state index contributed by atoms with van der Waals surface area (Å²) in [6, 6.07) is 11.3. The number of H-pyrrole nitrogens is 1. The third-order valence-electron chi connectivity index (χ3n) is 7.23. The molecule has 3 heterocycles. The van der Waals surface area contributed by atoms with Gasteiger partial charge in [-0.25, -0.2) is 14.8 Å². The van der Waals surface area contributed by atoms with E-state index in [0.717, 1.165) is 35.9 Å². The second-order valence-corrected chi connectivity index (χ2v) is 10.3. The summed E-state index contributed by atoms with van der Waals surface area (Å²) >= 11 is 0. The van der Waals surface area contributed by atoms with E-state index in [9.17, 15) is 18.0 Å². The van der Waals surface area contributed by atoms with Gasteiger partial charge in [-0.1, -0.05) is 44.2 Å². The number of halogens is 3. The molecule has 8 nitrogen and oxygen atoms in total. The van der Waals surface area contributed by atoms with Crippen molar-refractivity contribution in [1.82, 2.24) is 29.4 Å². The van der Waals surface area contributed by atoms with Crippen molar-refractivity contribution in [1.29, 1.82) is 0 Å². The van der Waals surface area contributed by atoms with Gasteiger partial charge in [-0.2, -0.15) is 13.2 Å². The van der Waals surface area contributed by atoms with E-state index in [2.05, 4.69) is 28.8 Å². The van der Waals surface area contributed by atoms with Gasteiger partial charge in [-0.05, 0) is 48.9 Å². The normalized spacial score (nSPS) is 15.6. The lowest BCUT2D eigenvalue weighted by Gasteiger charge is -2.22. The largest absolute Gasteiger partial charge is 0.432 e. The molecule has 1 aliphatic carbocycles. The van der Waals surface area contributed by atoms with Gasteiger partial charge in [0.1, 0.15) is 11.2 Å². The predicted octanol–water partition coefficient (Wildman–Crippen LogP) is 5.50. The Morgan fingerprint density at radius 3 is 2.48 bits per heavy atom. The van der Waals surface area contributed by atoms with Crippen LogP contribution in [0.4, 0.5) is 13.2 Å². The molecule has 0 radical (unpaired) electrons. The zero-order chi connectivity index (χ0) is 28.8. The van der Waals surface area contributed by atoms with Crippen LogP contribution in [0.3, 0.4) is 0 Å². The number of imidazole rings is 1. The van der Waals surface area contributed by atoms with Crippen LogP contribution in [0.25, 0.3) is 28.2 Å². The highest BCUT2D eigenvalue weighted by molar-refractivity contribution is 5.74. The fourth-order valence-electron chi connectivity index (χ4n) is 5.13. The van der Waals surface area contributed by atoms with Gasteiger partial charge in [-0.3, -0.25) is 9.55 Å². The van der Waals surface area contributed by atoms with Gasteiger partial charge >= 0.3 is 11.9 Å². The molecule has 0 atom stereocenters. The number of rotatable bonds is 7. The maximum absolute atomic E-state index is 13.2. The molecular weight excluding hydrogens is 519 g/mol. The van der Waals surface area contributed by atoms with E-state index in [-0.39, 0.29) is 11.6 Å². The number of nitrogens with two attached hydrogens (primary N) is 1. The Hall–Kier alpha value is -4.41. The summed E-state index contributed by atoms with van der Waals surface area (Å²) in [5, 5.41) is 0. The first-order valence-electron chi connectivity index (χ1n) is 12.9. The standard InChI is InChI=1S/C29H30F3N7O/c1-5-22(38(4)16-23(33)29(30,31)32)18-8-10-19(11-9-18)28(12-13-28)39-26-21(36-27(39)40)15-35-25(37-26)20-7-6-14-34-24(20)17(2)3/h5-11,14-17H,12-13,33H2,1-4H3,(H,36,40)/b22-5-,23-16-. The van der Waals surface area contributed by atoms with Crippen LogP contribution in [0.2, 0.25) is 0 Å². The number of aromatic amines is 1. The Kier molecular flexibility index (Phi) is 6.77. The molecule has 1 saturated carbocycles. The van der Waals surface area contributed by atoms with Crippen molar-refractivity contribution in [2.75, 3.05) is 7.05 Å². The summed E-state index contributed by atoms with van der Waals surface area (Å²) < 4.78 is 40.5. The SMILES string of the molecule is C/C=C(/c1ccc(C2(n3c(=O)[nH]c4cnc(-c5cccnc5C(C)C)nc43)CC2)cc1)N(C)/C=C(\N)C(F)(F)F. The van der Waals surface area contributed by atoms with Crippen LogP contribution in [0.1, 0.15) is 56.4 Å². The van der Waals surface area contributed by atoms with Crippen LogP contribution >= 0.6 is 0 Å². The highest BCUT2D eigenvalue weighted by atomic mass is 19.4. The van der Waals surface area contributed by atoms with Crippen molar-refractivity contribution in [2.45, 2.75) is 51.2 Å². The van der Waals surface area contributed by atoms with Gasteiger partial charge in [0.15, 0.2) is 11.5 Å². The minimum Gasteiger partial charge on any atom is -0.394 e. The molecule has 0 spiro atoms. The third kappa shape index (κ3) is 4.76. The number of hydrogen-bond donors (Lipinski definition) is 2. The topological polar surface area (TPSA) is 106 Å². The second-order valence-electron chi connectivity index (χ2n) is 10.3. The molecule has 1 aromatic carbocycles. The first-order valence-corrected chi connectivity index (χ1v) is 12.9. The monoisotopic (exact) mass is 549 g/mol. The van der Waals surface area contributed by atoms with Crippen LogP contribution in [0, 0.1) is 0 Å². The van der Waals surface area contributed by atoms with Gasteiger partial charge in [-0.15, -0.1) is 0 Å². The van der Waals surface area contributed by atoms with Crippen LogP contribution in [0.15, 0.2) is 71.6 Å². The molecule has 3 aromatic heterocycles. The van der Waals surface area contributed by atoms with E-state index < -0.39 is 17.4 Å². The van der Waals surface area contributed by atoms with Gasteiger partial charge in [0.25, 0.3) is 0 Å². The summed E-state index contributed by atoms with van der Waals surface area (Å²) in [5.74, 6) is 0.661. The van der Waals surface area contributed by atoms with Gasteiger partial charge in [0.05, 0.1) is 17.4 Å². The second kappa shape index (κ2) is 9.96. The zero-order valence-electron chi connectivity index (χ0n) is 22.6. The first kappa shape index (κ1) is 27.2. The van der Waals surface area contributed by atoms with Crippen LogP contribution in [-0.4, -0.2) is 42.6 Å². The lowest BCUT2D eigenvalue weighted by atomic mass is 10.0. The smallest absolute Gasteiger partial charge is 0.394 e. The Labute approximate surface area is 229 Å². The number of pyridine rings is 1. The molecule has 1 fully saturated rings. The molecule has 0 unspecified atom stereocenters. The Bertz CT molecular complexity index is 1680. The van der Waals surface area contributed by atoms with Crippen molar-refractivity contribution in [2.24, 2.45) is 5.73 Å². The van der Waals surface area contributed by atoms with Gasteiger partial charge in [0, 0.05) is 30.7 Å². The van der Waals surface area contributed by atoms with Gasteiger partial charge < -0.3 is 15.6 Å². The van der Waals surface area contributed by atoms with Crippen molar-refractivity contribution in [3.63, 3.8) is 0 Å². The number of aromatic nitrogens is 5. The summed E-state index contributed by atoms with van der Waals surface area (Å²) in [6.45, 7) is 5.85. The molecule has 0 saturated heterocycles. The highest BCUT2D eigenvalue weighted by Crippen LogP contribution is 2.49. The molecular formula is C29H30F3N7O. The first-order chi connectivity index (χ1) is 19.0. The Morgan fingerprint density at radius 2 is 1.88 bits per heavy atom. The number of hydrogen-bond acceptors (Lipinski definition) is 6. The number of nitrogens with one attached hydrogen (secondary N) is 1. The average molecular weight is 550 g/mol. The lowest BCUT2D eigenvalue weighted by Crippen LogP contribution is -2.29. The fraction of sp³-hybridized carbons (Fsp3) is 0.310. The van der Waals surface area contributed by atoms with Gasteiger partial charge in [0.2, 0.25) is 0 Å². The van der Waals surface area contributed by atoms with E-state index in [4.69, 9.17) is 10.7 Å². The van der Waals surface area contributed by atoms with E-state index in [1.54, 1.807) is 30.0 Å². The number of alkyl halides is 3. The van der Waals surface area contributed by atoms with Crippen molar-refractivity contribution < 1.29 is 13.2 Å². The Balaban J connectivity index is 1.52. The molecule has 208 valence electrons. The van der Waals surface area contributed by atoms with E-state index in [0.29, 0.717) is 28.2 Å². The molecule has 40 heavy (non-hydrogen) atoms. The summed E-state index contributed by atoms with van der Waals surface area (Å²) in [5.41, 5.74) is 8.09. The maximum Gasteiger partial charge on any atom is 0.432 e. The molecule has 4 aromatic rings. The minimum absolute atomic E-state index is 0.165. The molecule has 0 aliphatic heterocycles. The quantitative estimate of drug-likeness (QED) is 0.316. The summed E-state index contributed by atoms with van der Waals surface area (Å²) in [6.07, 6.45) is 2.81. The molecule has 0 amide bonds. The van der Waals surface area contributed by atoms with E-state index in [1.807, 2.05) is 36.4 Å². The lowest BCUT2D eigenvalue weighted by molar-refractivity contribution is -0.0934. The minimum atomic E-state index is -4.61. The van der Waals surface area contributed by atoms with Crippen molar-refractivity contribution >= 4 is 16.9 Å². The van der Waals surface area contributed by atoms with Crippen molar-refractivity contribution in [3.05, 3.63) is 94.1 Å². The molecule has 1 aliphatic rings. The number of benzene rings is 1. The third-order valence-corrected chi connectivity index (χ3v) is 7.23. The van der Waals surface area contributed by atoms with Crippen molar-refractivity contribution in [3.8, 4) is 11.4 Å². The van der Waals surface area contributed by atoms with Crippen LogP contribution in [0.5, 0.6) is 0 Å². The summed E-state index contributed by atoms with van der Waals surface area (Å²) in [7, 11) is 1.51.